The topological polar surface area (TPSA) is 66.6 Å². The summed E-state index contributed by atoms with van der Waals surface area (Å²) in [7, 11) is 0. The summed E-state index contributed by atoms with van der Waals surface area (Å²) < 4.78 is 5.02. The predicted octanol–water partition coefficient (Wildman–Crippen LogP) is 2.40. The lowest BCUT2D eigenvalue weighted by molar-refractivity contribution is 0.0521. The Hall–Kier alpha value is -2.14. The molecule has 1 saturated carbocycles. The van der Waals surface area contributed by atoms with Crippen molar-refractivity contribution in [3.8, 4) is 0 Å². The maximum absolute atomic E-state index is 12.8. The van der Waals surface area contributed by atoms with Crippen LogP contribution in [0.15, 0.2) is 40.9 Å². The van der Waals surface area contributed by atoms with Crippen molar-refractivity contribution in [3.63, 3.8) is 0 Å². The van der Waals surface area contributed by atoms with Gasteiger partial charge in [0.1, 0.15) is 5.76 Å². The summed E-state index contributed by atoms with van der Waals surface area (Å²) in [6.07, 6.45) is 2.11. The van der Waals surface area contributed by atoms with Crippen molar-refractivity contribution in [2.75, 3.05) is 6.61 Å². The highest BCUT2D eigenvalue weighted by atomic mass is 16.5. The number of hydrogen-bond acceptors (Lipinski definition) is 4. The van der Waals surface area contributed by atoms with Crippen LogP contribution in [-0.2, 0) is 6.54 Å². The molecule has 1 N–H and O–H groups in total. The van der Waals surface area contributed by atoms with Gasteiger partial charge in [-0.1, -0.05) is 35.5 Å². The van der Waals surface area contributed by atoms with Gasteiger partial charge in [-0.3, -0.25) is 4.79 Å². The van der Waals surface area contributed by atoms with Gasteiger partial charge in [0.15, 0.2) is 5.69 Å². The maximum Gasteiger partial charge on any atom is 0.276 e. The summed E-state index contributed by atoms with van der Waals surface area (Å²) in [5.41, 5.74) is 1.34. The third kappa shape index (κ3) is 3.20. The number of hydrogen-bond donors (Lipinski definition) is 1. The Morgan fingerprint density at radius 2 is 2.14 bits per heavy atom. The molecule has 1 fully saturated rings. The SMILES string of the molecule is Cc1cc(C(=O)N(Cc2ccccc2)C(CO)C2CC2)no1. The average Bonchev–Trinajstić information content (AvgIpc) is 3.28. The smallest absolute Gasteiger partial charge is 0.276 e. The molecule has 22 heavy (non-hydrogen) atoms. The zero-order valence-electron chi connectivity index (χ0n) is 12.6. The fourth-order valence-electron chi connectivity index (χ4n) is 2.72. The molecule has 0 radical (unpaired) electrons. The van der Waals surface area contributed by atoms with Gasteiger partial charge in [-0.05, 0) is 31.2 Å². The first kappa shape index (κ1) is 14.8. The van der Waals surface area contributed by atoms with Crippen LogP contribution in [0.2, 0.25) is 0 Å². The minimum Gasteiger partial charge on any atom is -0.394 e. The van der Waals surface area contributed by atoms with E-state index in [4.69, 9.17) is 4.52 Å². The van der Waals surface area contributed by atoms with Gasteiger partial charge >= 0.3 is 0 Å². The van der Waals surface area contributed by atoms with Gasteiger partial charge in [0.25, 0.3) is 5.91 Å². The van der Waals surface area contributed by atoms with E-state index in [0.717, 1.165) is 18.4 Å². The van der Waals surface area contributed by atoms with Crippen molar-refractivity contribution >= 4 is 5.91 Å². The standard InChI is InChI=1S/C17H20N2O3/c1-12-9-15(18-22-12)17(21)19(16(11-20)14-7-8-14)10-13-5-3-2-4-6-13/h2-6,9,14,16,20H,7-8,10-11H2,1H3. The summed E-state index contributed by atoms with van der Waals surface area (Å²) in [6, 6.07) is 11.3. The van der Waals surface area contributed by atoms with Crippen LogP contribution in [0.1, 0.15) is 34.7 Å². The van der Waals surface area contributed by atoms with E-state index in [1.165, 1.54) is 0 Å². The molecule has 0 aliphatic heterocycles. The lowest BCUT2D eigenvalue weighted by atomic mass is 10.1. The summed E-state index contributed by atoms with van der Waals surface area (Å²) in [6.45, 7) is 2.20. The molecule has 0 saturated heterocycles. The van der Waals surface area contributed by atoms with Crippen LogP contribution >= 0.6 is 0 Å². The monoisotopic (exact) mass is 300 g/mol. The Morgan fingerprint density at radius 1 is 1.41 bits per heavy atom. The van der Waals surface area contributed by atoms with Crippen LogP contribution in [0.4, 0.5) is 0 Å². The quantitative estimate of drug-likeness (QED) is 0.889. The molecule has 1 heterocycles. The largest absolute Gasteiger partial charge is 0.394 e. The molecule has 0 spiro atoms. The van der Waals surface area contributed by atoms with Crippen molar-refractivity contribution in [2.24, 2.45) is 5.92 Å². The molecule has 1 atom stereocenters. The van der Waals surface area contributed by atoms with Gasteiger partial charge in [-0.2, -0.15) is 0 Å². The van der Waals surface area contributed by atoms with Crippen LogP contribution in [0.5, 0.6) is 0 Å². The molecule has 1 aliphatic carbocycles. The van der Waals surface area contributed by atoms with E-state index in [1.807, 2.05) is 30.3 Å². The van der Waals surface area contributed by atoms with Crippen molar-refractivity contribution in [2.45, 2.75) is 32.4 Å². The first-order chi connectivity index (χ1) is 10.7. The lowest BCUT2D eigenvalue weighted by Gasteiger charge is -2.30. The lowest BCUT2D eigenvalue weighted by Crippen LogP contribution is -2.43. The van der Waals surface area contributed by atoms with Crippen LogP contribution in [-0.4, -0.2) is 33.7 Å². The maximum atomic E-state index is 12.8. The van der Waals surface area contributed by atoms with Crippen molar-refractivity contribution in [3.05, 3.63) is 53.4 Å². The number of aliphatic hydroxyl groups is 1. The first-order valence-corrected chi connectivity index (χ1v) is 7.58. The molecule has 116 valence electrons. The van der Waals surface area contributed by atoms with E-state index >= 15 is 0 Å². The van der Waals surface area contributed by atoms with E-state index in [1.54, 1.807) is 17.9 Å². The fraction of sp³-hybridized carbons (Fsp3) is 0.412. The van der Waals surface area contributed by atoms with E-state index < -0.39 is 0 Å². The molecule has 5 heteroatoms. The molecule has 3 rings (SSSR count). The molecular weight excluding hydrogens is 280 g/mol. The molecule has 0 bridgehead atoms. The molecule has 1 aliphatic rings. The highest BCUT2D eigenvalue weighted by Gasteiger charge is 2.38. The highest BCUT2D eigenvalue weighted by molar-refractivity contribution is 5.92. The van der Waals surface area contributed by atoms with Crippen LogP contribution in [0, 0.1) is 12.8 Å². The number of amides is 1. The van der Waals surface area contributed by atoms with Crippen LogP contribution < -0.4 is 0 Å². The van der Waals surface area contributed by atoms with E-state index in [0.29, 0.717) is 23.9 Å². The van der Waals surface area contributed by atoms with E-state index in [2.05, 4.69) is 5.16 Å². The molecule has 2 aromatic rings. The van der Waals surface area contributed by atoms with E-state index in [-0.39, 0.29) is 18.6 Å². The molecule has 5 nitrogen and oxygen atoms in total. The third-order valence-electron chi connectivity index (χ3n) is 4.06. The third-order valence-corrected chi connectivity index (χ3v) is 4.06. The second kappa shape index (κ2) is 6.32. The van der Waals surface area contributed by atoms with Crippen LogP contribution in [0.3, 0.4) is 0 Å². The molecule has 1 aromatic heterocycles. The number of aryl methyl sites for hydroxylation is 1. The van der Waals surface area contributed by atoms with Crippen molar-refractivity contribution in [1.82, 2.24) is 10.1 Å². The minimum atomic E-state index is -0.188. The van der Waals surface area contributed by atoms with Gasteiger partial charge in [0.2, 0.25) is 0 Å². The fourth-order valence-corrected chi connectivity index (χ4v) is 2.72. The van der Waals surface area contributed by atoms with Crippen LogP contribution in [0.25, 0.3) is 0 Å². The summed E-state index contributed by atoms with van der Waals surface area (Å²) in [4.78, 5) is 14.5. The number of carbonyl (C=O) groups is 1. The Kier molecular flexibility index (Phi) is 4.24. The zero-order chi connectivity index (χ0) is 15.5. The second-order valence-electron chi connectivity index (χ2n) is 5.83. The highest BCUT2D eigenvalue weighted by Crippen LogP contribution is 2.36. The van der Waals surface area contributed by atoms with Gasteiger partial charge in [0.05, 0.1) is 12.6 Å². The Morgan fingerprint density at radius 3 is 2.68 bits per heavy atom. The Labute approximate surface area is 129 Å². The van der Waals surface area contributed by atoms with Gasteiger partial charge < -0.3 is 14.5 Å². The van der Waals surface area contributed by atoms with Crippen molar-refractivity contribution in [1.29, 1.82) is 0 Å². The Balaban J connectivity index is 1.86. The second-order valence-corrected chi connectivity index (χ2v) is 5.83. The molecule has 1 aromatic carbocycles. The molecule has 1 amide bonds. The summed E-state index contributed by atoms with van der Waals surface area (Å²) >= 11 is 0. The van der Waals surface area contributed by atoms with E-state index in [9.17, 15) is 9.90 Å². The predicted molar refractivity (Wildman–Crippen MR) is 81.2 cm³/mol. The molecule has 1 unspecified atom stereocenters. The van der Waals surface area contributed by atoms with Gasteiger partial charge in [0, 0.05) is 12.6 Å². The zero-order valence-corrected chi connectivity index (χ0v) is 12.6. The van der Waals surface area contributed by atoms with Gasteiger partial charge in [-0.15, -0.1) is 0 Å². The number of nitrogens with zero attached hydrogens (tertiary/aromatic N) is 2. The van der Waals surface area contributed by atoms with Crippen molar-refractivity contribution < 1.29 is 14.4 Å². The number of aromatic nitrogens is 1. The number of rotatable bonds is 6. The Bertz CT molecular complexity index is 634. The normalized spacial score (nSPS) is 15.5. The van der Waals surface area contributed by atoms with Gasteiger partial charge in [-0.25, -0.2) is 0 Å². The molecular formula is C17H20N2O3. The summed E-state index contributed by atoms with van der Waals surface area (Å²) in [5.74, 6) is 0.798. The number of carbonyl (C=O) groups excluding carboxylic acids is 1. The number of benzene rings is 1. The number of aliphatic hydroxyl groups excluding tert-OH is 1. The minimum absolute atomic E-state index is 0.0277. The first-order valence-electron chi connectivity index (χ1n) is 7.58. The average molecular weight is 300 g/mol. The summed E-state index contributed by atoms with van der Waals surface area (Å²) in [5, 5.41) is 13.6.